The largest absolute Gasteiger partial charge is 0.353 e. The van der Waals surface area contributed by atoms with Crippen LogP contribution in [0.1, 0.15) is 31.1 Å². The summed E-state index contributed by atoms with van der Waals surface area (Å²) in [5, 5.41) is 2.82. The number of fused-ring (bicyclic) bond motifs is 1. The molecule has 1 saturated heterocycles. The number of carbonyl (C=O) groups is 1. The number of nitrogens with zero attached hydrogens (tertiary/aromatic N) is 7. The first kappa shape index (κ1) is 20.2. The average Bonchev–Trinajstić information content (AvgIpc) is 2.81. The Kier molecular flexibility index (Phi) is 5.12. The van der Waals surface area contributed by atoms with Crippen LogP contribution in [0.4, 0.5) is 16.0 Å². The summed E-state index contributed by atoms with van der Waals surface area (Å²) in [5.74, 6) is 1.52. The van der Waals surface area contributed by atoms with E-state index >= 15 is 0 Å². The first-order chi connectivity index (χ1) is 15.5. The van der Waals surface area contributed by atoms with Crippen molar-refractivity contribution in [2.45, 2.75) is 32.4 Å². The fourth-order valence-corrected chi connectivity index (χ4v) is 4.26. The first-order valence-electron chi connectivity index (χ1n) is 10.6. The highest BCUT2D eigenvalue weighted by molar-refractivity contribution is 5.85. The van der Waals surface area contributed by atoms with Crippen LogP contribution in [-0.2, 0) is 11.2 Å². The topological polar surface area (TPSA) is 100 Å². The molecule has 2 aliphatic heterocycles. The Hall–Kier alpha value is -3.69. The van der Waals surface area contributed by atoms with Crippen LogP contribution < -0.4 is 15.1 Å². The normalized spacial score (nSPS) is 20.7. The van der Waals surface area contributed by atoms with Crippen molar-refractivity contribution in [3.05, 3.63) is 53.9 Å². The van der Waals surface area contributed by atoms with Crippen molar-refractivity contribution in [1.82, 2.24) is 30.2 Å². The molecule has 10 heteroatoms. The molecular formula is C22H23FN8O. The second kappa shape index (κ2) is 8.10. The van der Waals surface area contributed by atoms with E-state index in [1.165, 1.54) is 12.1 Å². The molecule has 2 unspecified atom stereocenters. The van der Waals surface area contributed by atoms with Gasteiger partial charge in [-0.2, -0.15) is 0 Å². The highest BCUT2D eigenvalue weighted by Crippen LogP contribution is 2.33. The maximum absolute atomic E-state index is 14.6. The van der Waals surface area contributed by atoms with Gasteiger partial charge in [0.1, 0.15) is 23.5 Å². The summed E-state index contributed by atoms with van der Waals surface area (Å²) in [7, 11) is 0. The molecule has 5 heterocycles. The summed E-state index contributed by atoms with van der Waals surface area (Å²) in [6, 6.07) is 4.08. The average molecular weight is 434 g/mol. The number of pyridine rings is 1. The van der Waals surface area contributed by atoms with Crippen LogP contribution in [0.15, 0.2) is 36.8 Å². The fourth-order valence-electron chi connectivity index (χ4n) is 4.26. The minimum atomic E-state index is -0.405. The quantitative estimate of drug-likeness (QED) is 0.667. The molecule has 32 heavy (non-hydrogen) atoms. The van der Waals surface area contributed by atoms with Crippen molar-refractivity contribution in [3.63, 3.8) is 0 Å². The van der Waals surface area contributed by atoms with Gasteiger partial charge >= 0.3 is 0 Å². The van der Waals surface area contributed by atoms with E-state index in [0.29, 0.717) is 49.3 Å². The van der Waals surface area contributed by atoms with Crippen LogP contribution in [-0.4, -0.2) is 56.5 Å². The van der Waals surface area contributed by atoms with Gasteiger partial charge in [0.2, 0.25) is 5.91 Å². The van der Waals surface area contributed by atoms with E-state index in [0.717, 1.165) is 11.3 Å². The molecule has 0 aliphatic carbocycles. The second-order valence-electron chi connectivity index (χ2n) is 7.95. The van der Waals surface area contributed by atoms with Gasteiger partial charge in [-0.05, 0) is 19.9 Å². The van der Waals surface area contributed by atoms with E-state index in [1.807, 2.05) is 16.7 Å². The number of aromatic nitrogens is 5. The third kappa shape index (κ3) is 3.61. The second-order valence-corrected chi connectivity index (χ2v) is 7.95. The molecule has 5 rings (SSSR count). The highest BCUT2D eigenvalue weighted by atomic mass is 19.1. The minimum Gasteiger partial charge on any atom is -0.353 e. The number of nitrogens with one attached hydrogen (secondary N) is 1. The monoisotopic (exact) mass is 434 g/mol. The van der Waals surface area contributed by atoms with Gasteiger partial charge in [0.15, 0.2) is 11.6 Å². The number of hydrogen-bond donors (Lipinski definition) is 1. The van der Waals surface area contributed by atoms with Gasteiger partial charge in [-0.3, -0.25) is 4.79 Å². The summed E-state index contributed by atoms with van der Waals surface area (Å²) in [6.45, 7) is 5.55. The summed E-state index contributed by atoms with van der Waals surface area (Å²) in [4.78, 5) is 38.3. The SMILES string of the molecule is CC1C(=O)NCCN1c1cc(F)cc(N2CCc3nc(-c4ncccn4)ncc3C2C)n1. The van der Waals surface area contributed by atoms with E-state index in [4.69, 9.17) is 4.98 Å². The predicted molar refractivity (Wildman–Crippen MR) is 117 cm³/mol. The smallest absolute Gasteiger partial charge is 0.242 e. The fraction of sp³-hybridized carbons (Fsp3) is 0.364. The Morgan fingerprint density at radius 2 is 1.69 bits per heavy atom. The van der Waals surface area contributed by atoms with E-state index in [2.05, 4.69) is 25.3 Å². The number of halogens is 1. The lowest BCUT2D eigenvalue weighted by atomic mass is 9.99. The molecule has 3 aromatic heterocycles. The lowest BCUT2D eigenvalue weighted by Gasteiger charge is -2.37. The molecule has 0 radical (unpaired) electrons. The van der Waals surface area contributed by atoms with Crippen molar-refractivity contribution < 1.29 is 9.18 Å². The van der Waals surface area contributed by atoms with Gasteiger partial charge in [-0.15, -0.1) is 0 Å². The number of hydrogen-bond acceptors (Lipinski definition) is 8. The molecular weight excluding hydrogens is 411 g/mol. The molecule has 1 N–H and O–H groups in total. The number of amides is 1. The molecule has 9 nitrogen and oxygen atoms in total. The van der Waals surface area contributed by atoms with Crippen molar-refractivity contribution in [2.75, 3.05) is 29.4 Å². The standard InChI is InChI=1S/C22H23FN8O/c1-13-16-12-27-21(20-24-5-3-6-25-20)28-17(16)4-8-30(13)18-10-15(23)11-19(29-18)31-9-7-26-22(32)14(31)2/h3,5-6,10-14H,4,7-9H2,1-2H3,(H,26,32). The molecule has 1 fully saturated rings. The maximum atomic E-state index is 14.6. The Bertz CT molecular complexity index is 1160. The van der Waals surface area contributed by atoms with E-state index in [-0.39, 0.29) is 17.8 Å². The van der Waals surface area contributed by atoms with E-state index in [9.17, 15) is 9.18 Å². The van der Waals surface area contributed by atoms with Gasteiger partial charge in [0, 0.05) is 62.3 Å². The van der Waals surface area contributed by atoms with Crippen molar-refractivity contribution >= 4 is 17.5 Å². The number of piperazine rings is 1. The van der Waals surface area contributed by atoms with Crippen molar-refractivity contribution in [3.8, 4) is 11.6 Å². The molecule has 1 amide bonds. The summed E-state index contributed by atoms with van der Waals surface area (Å²) >= 11 is 0. The highest BCUT2D eigenvalue weighted by Gasteiger charge is 2.30. The van der Waals surface area contributed by atoms with Gasteiger partial charge < -0.3 is 15.1 Å². The third-order valence-corrected chi connectivity index (χ3v) is 6.02. The number of rotatable bonds is 3. The molecule has 0 bridgehead atoms. The van der Waals surface area contributed by atoms with Crippen molar-refractivity contribution in [1.29, 1.82) is 0 Å². The van der Waals surface area contributed by atoms with Crippen LogP contribution in [0.2, 0.25) is 0 Å². The number of carbonyl (C=O) groups excluding carboxylic acids is 1. The summed E-state index contributed by atoms with van der Waals surface area (Å²) in [5.41, 5.74) is 1.90. The molecule has 0 aromatic carbocycles. The maximum Gasteiger partial charge on any atom is 0.242 e. The van der Waals surface area contributed by atoms with Crippen LogP contribution >= 0.6 is 0 Å². The van der Waals surface area contributed by atoms with E-state index in [1.54, 1.807) is 31.6 Å². The Labute approximate surface area is 184 Å². The van der Waals surface area contributed by atoms with Crippen LogP contribution in [0.25, 0.3) is 11.6 Å². The van der Waals surface area contributed by atoms with Gasteiger partial charge in [0.25, 0.3) is 0 Å². The Balaban J connectivity index is 1.44. The van der Waals surface area contributed by atoms with Crippen LogP contribution in [0.5, 0.6) is 0 Å². The summed E-state index contributed by atoms with van der Waals surface area (Å²) in [6.07, 6.45) is 5.78. The number of anilines is 2. The lowest BCUT2D eigenvalue weighted by molar-refractivity contribution is -0.122. The predicted octanol–water partition coefficient (Wildman–Crippen LogP) is 1.92. The molecule has 0 spiro atoms. The van der Waals surface area contributed by atoms with Crippen LogP contribution in [0.3, 0.4) is 0 Å². The molecule has 0 saturated carbocycles. The van der Waals surface area contributed by atoms with E-state index < -0.39 is 6.04 Å². The minimum absolute atomic E-state index is 0.0838. The zero-order chi connectivity index (χ0) is 22.2. The van der Waals surface area contributed by atoms with Gasteiger partial charge in [-0.25, -0.2) is 29.3 Å². The summed E-state index contributed by atoms with van der Waals surface area (Å²) < 4.78 is 14.6. The van der Waals surface area contributed by atoms with Gasteiger partial charge in [-0.1, -0.05) is 0 Å². The first-order valence-corrected chi connectivity index (χ1v) is 10.6. The lowest BCUT2D eigenvalue weighted by Crippen LogP contribution is -2.54. The van der Waals surface area contributed by atoms with Crippen LogP contribution in [0, 0.1) is 5.82 Å². The van der Waals surface area contributed by atoms with Crippen molar-refractivity contribution in [2.24, 2.45) is 0 Å². The Morgan fingerprint density at radius 1 is 0.969 bits per heavy atom. The zero-order valence-corrected chi connectivity index (χ0v) is 17.9. The molecule has 164 valence electrons. The zero-order valence-electron chi connectivity index (χ0n) is 17.9. The molecule has 2 aliphatic rings. The Morgan fingerprint density at radius 3 is 2.44 bits per heavy atom. The van der Waals surface area contributed by atoms with Gasteiger partial charge in [0.05, 0.1) is 11.7 Å². The third-order valence-electron chi connectivity index (χ3n) is 6.02. The molecule has 3 aromatic rings. The molecule has 2 atom stereocenters.